The van der Waals surface area contributed by atoms with Crippen molar-refractivity contribution in [2.75, 3.05) is 5.32 Å². The Labute approximate surface area is 151 Å². The summed E-state index contributed by atoms with van der Waals surface area (Å²) in [7, 11) is 0. The van der Waals surface area contributed by atoms with Crippen molar-refractivity contribution in [3.05, 3.63) is 72.3 Å². The summed E-state index contributed by atoms with van der Waals surface area (Å²) < 4.78 is 2.00. The van der Waals surface area contributed by atoms with Crippen LogP contribution in [-0.4, -0.2) is 25.6 Å². The van der Waals surface area contributed by atoms with Crippen molar-refractivity contribution in [1.82, 2.24) is 24.8 Å². The summed E-state index contributed by atoms with van der Waals surface area (Å²) in [6, 6.07) is 7.85. The molecule has 4 rings (SSSR count). The number of aromatic nitrogens is 4. The van der Waals surface area contributed by atoms with E-state index in [2.05, 4.69) is 37.7 Å². The van der Waals surface area contributed by atoms with Crippen molar-refractivity contribution in [1.29, 1.82) is 0 Å². The van der Waals surface area contributed by atoms with E-state index >= 15 is 0 Å². The van der Waals surface area contributed by atoms with Crippen LogP contribution in [0.2, 0.25) is 0 Å². The summed E-state index contributed by atoms with van der Waals surface area (Å²) in [6.45, 7) is 1.20. The topological polar surface area (TPSA) is 84.7 Å². The Morgan fingerprint density at radius 1 is 1.19 bits per heavy atom. The lowest BCUT2D eigenvalue weighted by atomic mass is 10.1. The van der Waals surface area contributed by atoms with Crippen molar-refractivity contribution >= 4 is 11.7 Å². The minimum Gasteiger partial charge on any atom is -0.334 e. The maximum Gasteiger partial charge on any atom is 0.319 e. The average Bonchev–Trinajstić information content (AvgIpc) is 3.38. The lowest BCUT2D eigenvalue weighted by Crippen LogP contribution is -2.28. The molecule has 0 unspecified atom stereocenters. The van der Waals surface area contributed by atoms with Gasteiger partial charge < -0.3 is 15.2 Å². The monoisotopic (exact) mass is 348 g/mol. The highest BCUT2D eigenvalue weighted by molar-refractivity contribution is 5.88. The van der Waals surface area contributed by atoms with Gasteiger partial charge in [0.2, 0.25) is 0 Å². The molecule has 2 aromatic heterocycles. The number of anilines is 1. The van der Waals surface area contributed by atoms with E-state index in [0.717, 1.165) is 36.3 Å². The van der Waals surface area contributed by atoms with E-state index < -0.39 is 0 Å². The number of urea groups is 1. The smallest absolute Gasteiger partial charge is 0.319 e. The third-order valence-electron chi connectivity index (χ3n) is 4.24. The van der Waals surface area contributed by atoms with Crippen LogP contribution in [0.25, 0.3) is 0 Å². The molecule has 0 bridgehead atoms. The van der Waals surface area contributed by atoms with Gasteiger partial charge in [-0.15, -0.1) is 0 Å². The zero-order chi connectivity index (χ0) is 17.8. The van der Waals surface area contributed by atoms with Gasteiger partial charge in [-0.05, 0) is 24.0 Å². The molecule has 1 fully saturated rings. The number of carbonyl (C=O) groups excluding carboxylic acids is 1. The Morgan fingerprint density at radius 3 is 2.73 bits per heavy atom. The molecule has 0 aliphatic heterocycles. The lowest BCUT2D eigenvalue weighted by Gasteiger charge is -2.09. The molecular formula is C19H20N6O. The number of amides is 2. The standard InChI is InChI=1S/C19H20N6O/c26-19(24-17-10-21-18(22-11-17)16-4-5-16)23-9-14-2-1-3-15(8-14)12-25-7-6-20-13-25/h1-3,6-8,10-11,13,16H,4-5,9,12H2,(H2,23,24,26). The molecule has 0 spiro atoms. The summed E-state index contributed by atoms with van der Waals surface area (Å²) in [6.07, 6.45) is 11.1. The molecular weight excluding hydrogens is 328 g/mol. The summed E-state index contributed by atoms with van der Waals surface area (Å²) in [5.41, 5.74) is 2.80. The molecule has 2 amide bonds. The van der Waals surface area contributed by atoms with Crippen LogP contribution in [0.1, 0.15) is 35.7 Å². The normalized spacial score (nSPS) is 13.4. The van der Waals surface area contributed by atoms with E-state index in [1.165, 1.54) is 0 Å². The second-order valence-corrected chi connectivity index (χ2v) is 6.47. The van der Waals surface area contributed by atoms with E-state index in [4.69, 9.17) is 0 Å². The highest BCUT2D eigenvalue weighted by Crippen LogP contribution is 2.37. The van der Waals surface area contributed by atoms with Gasteiger partial charge in [-0.2, -0.15) is 0 Å². The number of rotatable bonds is 6. The maximum atomic E-state index is 12.1. The van der Waals surface area contributed by atoms with E-state index in [1.807, 2.05) is 22.9 Å². The van der Waals surface area contributed by atoms with Crippen LogP contribution in [0, 0.1) is 0 Å². The summed E-state index contributed by atoms with van der Waals surface area (Å²) >= 11 is 0. The van der Waals surface area contributed by atoms with Crippen LogP contribution >= 0.6 is 0 Å². The molecule has 0 atom stereocenters. The molecule has 132 valence electrons. The van der Waals surface area contributed by atoms with Crippen molar-refractivity contribution in [3.63, 3.8) is 0 Å². The van der Waals surface area contributed by atoms with Crippen LogP contribution in [0.15, 0.2) is 55.4 Å². The Hall–Kier alpha value is -3.22. The van der Waals surface area contributed by atoms with Crippen LogP contribution in [-0.2, 0) is 13.1 Å². The Kier molecular flexibility index (Phi) is 4.59. The van der Waals surface area contributed by atoms with Crippen molar-refractivity contribution in [3.8, 4) is 0 Å². The summed E-state index contributed by atoms with van der Waals surface area (Å²) in [5.74, 6) is 1.37. The van der Waals surface area contributed by atoms with Crippen molar-refractivity contribution in [2.24, 2.45) is 0 Å². The summed E-state index contributed by atoms with van der Waals surface area (Å²) in [4.78, 5) is 24.7. The number of carbonyl (C=O) groups is 1. The maximum absolute atomic E-state index is 12.1. The molecule has 2 heterocycles. The van der Waals surface area contributed by atoms with E-state index in [-0.39, 0.29) is 6.03 Å². The first kappa shape index (κ1) is 16.3. The molecule has 7 nitrogen and oxygen atoms in total. The number of benzene rings is 1. The van der Waals surface area contributed by atoms with Crippen LogP contribution < -0.4 is 10.6 Å². The van der Waals surface area contributed by atoms with Crippen molar-refractivity contribution in [2.45, 2.75) is 31.8 Å². The Bertz CT molecular complexity index is 871. The first-order valence-corrected chi connectivity index (χ1v) is 8.66. The van der Waals surface area contributed by atoms with Gasteiger partial charge in [0.25, 0.3) is 0 Å². The minimum absolute atomic E-state index is 0.271. The highest BCUT2D eigenvalue weighted by Gasteiger charge is 2.26. The zero-order valence-electron chi connectivity index (χ0n) is 14.3. The van der Waals surface area contributed by atoms with Gasteiger partial charge in [0, 0.05) is 31.4 Å². The molecule has 1 saturated carbocycles. The second-order valence-electron chi connectivity index (χ2n) is 6.47. The molecule has 1 aliphatic carbocycles. The van der Waals surface area contributed by atoms with Gasteiger partial charge in [0.05, 0.1) is 24.4 Å². The minimum atomic E-state index is -0.271. The average molecular weight is 348 g/mol. The van der Waals surface area contributed by atoms with Gasteiger partial charge >= 0.3 is 6.03 Å². The first-order chi connectivity index (χ1) is 12.8. The fourth-order valence-electron chi connectivity index (χ4n) is 2.74. The highest BCUT2D eigenvalue weighted by atomic mass is 16.2. The molecule has 2 N–H and O–H groups in total. The number of nitrogens with one attached hydrogen (secondary N) is 2. The summed E-state index contributed by atoms with van der Waals surface area (Å²) in [5, 5.41) is 5.62. The number of imidazole rings is 1. The van der Waals surface area contributed by atoms with E-state index in [9.17, 15) is 4.79 Å². The van der Waals surface area contributed by atoms with Gasteiger partial charge in [-0.25, -0.2) is 19.7 Å². The quantitative estimate of drug-likeness (QED) is 0.717. The lowest BCUT2D eigenvalue weighted by molar-refractivity contribution is 0.251. The van der Waals surface area contributed by atoms with Gasteiger partial charge in [0.1, 0.15) is 5.82 Å². The van der Waals surface area contributed by atoms with E-state index in [0.29, 0.717) is 18.2 Å². The van der Waals surface area contributed by atoms with Gasteiger partial charge in [0.15, 0.2) is 0 Å². The molecule has 1 aliphatic rings. The van der Waals surface area contributed by atoms with Crippen molar-refractivity contribution < 1.29 is 4.79 Å². The fourth-order valence-corrected chi connectivity index (χ4v) is 2.74. The Balaban J connectivity index is 1.29. The third kappa shape index (κ3) is 4.24. The molecule has 3 aromatic rings. The number of hydrogen-bond acceptors (Lipinski definition) is 4. The SMILES string of the molecule is O=C(NCc1cccc(Cn2ccnc2)c1)Nc1cnc(C2CC2)nc1. The van der Waals surface area contributed by atoms with Crippen LogP contribution in [0.5, 0.6) is 0 Å². The Morgan fingerprint density at radius 2 is 2.00 bits per heavy atom. The molecule has 0 radical (unpaired) electrons. The third-order valence-corrected chi connectivity index (χ3v) is 4.24. The first-order valence-electron chi connectivity index (χ1n) is 8.66. The molecule has 7 heteroatoms. The van der Waals surface area contributed by atoms with Gasteiger partial charge in [-0.3, -0.25) is 0 Å². The predicted molar refractivity (Wildman–Crippen MR) is 97.6 cm³/mol. The van der Waals surface area contributed by atoms with Gasteiger partial charge in [-0.1, -0.05) is 24.3 Å². The molecule has 26 heavy (non-hydrogen) atoms. The molecule has 0 saturated heterocycles. The number of nitrogens with zero attached hydrogens (tertiary/aromatic N) is 4. The fraction of sp³-hybridized carbons (Fsp3) is 0.263. The number of hydrogen-bond donors (Lipinski definition) is 2. The van der Waals surface area contributed by atoms with E-state index in [1.54, 1.807) is 24.9 Å². The van der Waals surface area contributed by atoms with Crippen LogP contribution in [0.3, 0.4) is 0 Å². The second kappa shape index (κ2) is 7.35. The van der Waals surface area contributed by atoms with Crippen LogP contribution in [0.4, 0.5) is 10.5 Å². The molecule has 1 aromatic carbocycles. The predicted octanol–water partition coefficient (Wildman–Crippen LogP) is 2.92. The largest absolute Gasteiger partial charge is 0.334 e. The zero-order valence-corrected chi connectivity index (χ0v) is 14.3.